The molecule has 0 aromatic rings. The highest BCUT2D eigenvalue weighted by Crippen LogP contribution is 1.95. The van der Waals surface area contributed by atoms with Crippen molar-refractivity contribution < 1.29 is 4.79 Å². The normalized spacial score (nSPS) is 10.8. The number of carbonyl (C=O) groups excluding carboxylic acids is 1. The number of carbonyl (C=O) groups is 1. The number of rotatable bonds is 8. The summed E-state index contributed by atoms with van der Waals surface area (Å²) in [4.78, 5) is 20.3. The lowest BCUT2D eigenvalue weighted by Gasteiger charge is -2.25. The Kier molecular flexibility index (Phi) is 15.2. The Bertz CT molecular complexity index is 286. The van der Waals surface area contributed by atoms with Gasteiger partial charge in [0.1, 0.15) is 0 Å². The van der Waals surface area contributed by atoms with Gasteiger partial charge in [0.05, 0.1) is 13.1 Å². The molecule has 0 unspecified atom stereocenters. The van der Waals surface area contributed by atoms with Gasteiger partial charge in [0, 0.05) is 32.4 Å². The fraction of sp³-hybridized carbons (Fsp3) is 0.846. The van der Waals surface area contributed by atoms with Crippen molar-refractivity contribution in [3.05, 3.63) is 0 Å². The minimum Gasteiger partial charge on any atom is -0.357 e. The highest BCUT2D eigenvalue weighted by molar-refractivity contribution is 14.0. The lowest BCUT2D eigenvalue weighted by molar-refractivity contribution is -0.131. The molecule has 0 aromatic heterocycles. The lowest BCUT2D eigenvalue weighted by Crippen LogP contribution is -2.45. The van der Waals surface area contributed by atoms with E-state index in [-0.39, 0.29) is 29.9 Å². The Hall–Kier alpha value is -0.180. The van der Waals surface area contributed by atoms with Crippen LogP contribution in [0.3, 0.4) is 0 Å². The number of hydrogen-bond acceptors (Lipinski definition) is 3. The maximum Gasteiger partial charge on any atom is 0.242 e. The van der Waals surface area contributed by atoms with E-state index in [1.807, 2.05) is 37.6 Å². The predicted molar refractivity (Wildman–Crippen MR) is 100 cm³/mol. The number of nitrogens with zero attached hydrogens (tertiary/aromatic N) is 3. The fourth-order valence-electron chi connectivity index (χ4n) is 1.67. The summed E-state index contributed by atoms with van der Waals surface area (Å²) >= 11 is 1.77. The van der Waals surface area contributed by atoms with E-state index in [0.717, 1.165) is 37.9 Å². The van der Waals surface area contributed by atoms with Gasteiger partial charge in [0.15, 0.2) is 5.96 Å². The van der Waals surface area contributed by atoms with Crippen LogP contribution in [0, 0.1) is 0 Å². The van der Waals surface area contributed by atoms with Crippen molar-refractivity contribution in [1.82, 2.24) is 15.1 Å². The van der Waals surface area contributed by atoms with Crippen LogP contribution in [0.15, 0.2) is 4.99 Å². The molecule has 5 nitrogen and oxygen atoms in total. The standard InChI is InChI=1S/C13H28N4OS.HI/c1-6-14-13(15-9-10-19-5)16(4)11-12(18)17(7-2)8-3;/h6-11H2,1-5H3,(H,14,15);1H. The van der Waals surface area contributed by atoms with Gasteiger partial charge >= 0.3 is 0 Å². The Balaban J connectivity index is 0. The number of nitrogens with one attached hydrogen (secondary N) is 1. The average molecular weight is 416 g/mol. The van der Waals surface area contributed by atoms with Crippen LogP contribution in [-0.2, 0) is 4.79 Å². The Labute approximate surface area is 145 Å². The highest BCUT2D eigenvalue weighted by atomic mass is 127. The third-order valence-electron chi connectivity index (χ3n) is 2.74. The van der Waals surface area contributed by atoms with Crippen molar-refractivity contribution >= 4 is 47.6 Å². The fourth-order valence-corrected chi connectivity index (χ4v) is 1.94. The first-order valence-corrected chi connectivity index (χ1v) is 8.26. The SMILES string of the molecule is CCNC(=NCCSC)N(C)CC(=O)N(CC)CC.I. The van der Waals surface area contributed by atoms with Crippen molar-refractivity contribution in [1.29, 1.82) is 0 Å². The van der Waals surface area contributed by atoms with Crippen molar-refractivity contribution in [2.45, 2.75) is 20.8 Å². The van der Waals surface area contributed by atoms with Gasteiger partial charge in [-0.25, -0.2) is 0 Å². The summed E-state index contributed by atoms with van der Waals surface area (Å²) in [7, 11) is 1.90. The van der Waals surface area contributed by atoms with Gasteiger partial charge in [-0.3, -0.25) is 9.79 Å². The van der Waals surface area contributed by atoms with E-state index in [0.29, 0.717) is 6.54 Å². The number of amides is 1. The van der Waals surface area contributed by atoms with Gasteiger partial charge in [-0.15, -0.1) is 24.0 Å². The second-order valence-corrected chi connectivity index (χ2v) is 5.14. The molecular weight excluding hydrogens is 387 g/mol. The van der Waals surface area contributed by atoms with Crippen LogP contribution >= 0.6 is 35.7 Å². The molecule has 20 heavy (non-hydrogen) atoms. The topological polar surface area (TPSA) is 47.9 Å². The Morgan fingerprint density at radius 3 is 2.30 bits per heavy atom. The van der Waals surface area contributed by atoms with Gasteiger partial charge in [0.2, 0.25) is 5.91 Å². The van der Waals surface area contributed by atoms with Gasteiger partial charge in [-0.2, -0.15) is 11.8 Å². The van der Waals surface area contributed by atoms with Crippen LogP contribution in [0.4, 0.5) is 0 Å². The number of likely N-dealkylation sites (N-methyl/N-ethyl adjacent to an activating group) is 2. The molecule has 0 aromatic carbocycles. The molecule has 0 radical (unpaired) electrons. The maximum atomic E-state index is 12.1. The van der Waals surface area contributed by atoms with Crippen molar-refractivity contribution in [2.24, 2.45) is 4.99 Å². The van der Waals surface area contributed by atoms with E-state index >= 15 is 0 Å². The molecule has 120 valence electrons. The third-order valence-corrected chi connectivity index (χ3v) is 3.33. The van der Waals surface area contributed by atoms with E-state index in [1.54, 1.807) is 11.8 Å². The molecule has 0 aliphatic heterocycles. The molecule has 0 saturated heterocycles. The number of halogens is 1. The lowest BCUT2D eigenvalue weighted by atomic mass is 10.4. The van der Waals surface area contributed by atoms with E-state index in [2.05, 4.69) is 16.6 Å². The largest absolute Gasteiger partial charge is 0.357 e. The molecule has 0 aliphatic rings. The van der Waals surface area contributed by atoms with Gasteiger partial charge in [-0.1, -0.05) is 0 Å². The first-order valence-electron chi connectivity index (χ1n) is 6.86. The molecule has 0 bridgehead atoms. The second kappa shape index (κ2) is 13.8. The molecule has 7 heteroatoms. The zero-order chi connectivity index (χ0) is 14.7. The summed E-state index contributed by atoms with van der Waals surface area (Å²) in [5.74, 6) is 1.94. The van der Waals surface area contributed by atoms with Crippen molar-refractivity contribution in [3.63, 3.8) is 0 Å². The highest BCUT2D eigenvalue weighted by Gasteiger charge is 2.14. The first kappa shape index (κ1) is 22.1. The quantitative estimate of drug-likeness (QED) is 0.284. The maximum absolute atomic E-state index is 12.1. The molecule has 1 amide bonds. The van der Waals surface area contributed by atoms with E-state index in [1.165, 1.54) is 0 Å². The van der Waals surface area contributed by atoms with Crippen LogP contribution in [0.2, 0.25) is 0 Å². The zero-order valence-electron chi connectivity index (χ0n) is 13.3. The summed E-state index contributed by atoms with van der Waals surface area (Å²) in [5, 5.41) is 3.22. The zero-order valence-corrected chi connectivity index (χ0v) is 16.5. The molecule has 0 saturated carbocycles. The van der Waals surface area contributed by atoms with Gasteiger partial charge in [0.25, 0.3) is 0 Å². The average Bonchev–Trinajstić information content (AvgIpc) is 2.39. The smallest absolute Gasteiger partial charge is 0.242 e. The molecule has 0 heterocycles. The number of aliphatic imine (C=N–C) groups is 1. The van der Waals surface area contributed by atoms with Crippen LogP contribution in [0.5, 0.6) is 0 Å². The minimum absolute atomic E-state index is 0. The summed E-state index contributed by atoms with van der Waals surface area (Å²) in [5.41, 5.74) is 0. The molecule has 0 fully saturated rings. The summed E-state index contributed by atoms with van der Waals surface area (Å²) in [6, 6.07) is 0. The second-order valence-electron chi connectivity index (χ2n) is 4.15. The van der Waals surface area contributed by atoms with Crippen LogP contribution < -0.4 is 5.32 Å². The summed E-state index contributed by atoms with van der Waals surface area (Å²) in [6.45, 7) is 9.48. The first-order chi connectivity index (χ1) is 9.10. The third kappa shape index (κ3) is 8.89. The molecule has 0 spiro atoms. The number of thioether (sulfide) groups is 1. The molecule has 1 N–H and O–H groups in total. The van der Waals surface area contributed by atoms with E-state index in [4.69, 9.17) is 0 Å². The predicted octanol–water partition coefficient (Wildman–Crippen LogP) is 1.73. The van der Waals surface area contributed by atoms with Crippen LogP contribution in [0.1, 0.15) is 20.8 Å². The minimum atomic E-state index is 0. The van der Waals surface area contributed by atoms with Crippen LogP contribution in [0.25, 0.3) is 0 Å². The molecule has 0 atom stereocenters. The Morgan fingerprint density at radius 1 is 1.25 bits per heavy atom. The van der Waals surface area contributed by atoms with E-state index < -0.39 is 0 Å². The number of hydrogen-bond donors (Lipinski definition) is 1. The van der Waals surface area contributed by atoms with Crippen LogP contribution in [-0.4, -0.2) is 73.4 Å². The van der Waals surface area contributed by atoms with Crippen molar-refractivity contribution in [3.8, 4) is 0 Å². The molecule has 0 aliphatic carbocycles. The molecular formula is C13H29IN4OS. The van der Waals surface area contributed by atoms with E-state index in [9.17, 15) is 4.79 Å². The van der Waals surface area contributed by atoms with Gasteiger partial charge in [-0.05, 0) is 27.0 Å². The van der Waals surface area contributed by atoms with Gasteiger partial charge < -0.3 is 15.1 Å². The number of guanidine groups is 1. The monoisotopic (exact) mass is 416 g/mol. The summed E-state index contributed by atoms with van der Waals surface area (Å²) in [6.07, 6.45) is 2.07. The van der Waals surface area contributed by atoms with Crippen molar-refractivity contribution in [2.75, 3.05) is 51.8 Å². The Morgan fingerprint density at radius 2 is 1.85 bits per heavy atom. The molecule has 0 rings (SSSR count). The summed E-state index contributed by atoms with van der Waals surface area (Å²) < 4.78 is 0.